The number of nitrogen functional groups attached to an aromatic ring is 1. The summed E-state index contributed by atoms with van der Waals surface area (Å²) in [4.78, 5) is 44.7. The fourth-order valence-electron chi connectivity index (χ4n) is 2.09. The van der Waals surface area contributed by atoms with Crippen LogP contribution in [0, 0.1) is 11.3 Å². The Morgan fingerprint density at radius 1 is 1.26 bits per heavy atom. The molecule has 1 atom stereocenters. The SMILES string of the molecule is N=C(N)c1cccc(CN2C(=O)C[C@@H](C(N)=O)C2=O)c1.O=C(O)C(F)(F)F. The number of benzene rings is 1. The number of nitrogens with two attached hydrogens (primary N) is 2. The molecule has 6 N–H and O–H groups in total. The van der Waals surface area contributed by atoms with Gasteiger partial charge in [0, 0.05) is 12.0 Å². The van der Waals surface area contributed by atoms with Crippen LogP contribution in [0.2, 0.25) is 0 Å². The van der Waals surface area contributed by atoms with E-state index in [1.807, 2.05) is 0 Å². The average molecular weight is 388 g/mol. The first-order valence-corrected chi connectivity index (χ1v) is 7.21. The molecule has 1 heterocycles. The zero-order valence-electron chi connectivity index (χ0n) is 13.6. The fourth-order valence-corrected chi connectivity index (χ4v) is 2.09. The Kier molecular flexibility index (Phi) is 6.64. The number of likely N-dealkylation sites (tertiary alicyclic amines) is 1. The molecule has 1 aliphatic rings. The van der Waals surface area contributed by atoms with Crippen LogP contribution in [-0.2, 0) is 25.7 Å². The Balaban J connectivity index is 0.000000445. The third-order valence-corrected chi connectivity index (χ3v) is 3.41. The molecule has 9 nitrogen and oxygen atoms in total. The van der Waals surface area contributed by atoms with Gasteiger partial charge in [0.05, 0.1) is 6.54 Å². The maximum atomic E-state index is 11.9. The van der Waals surface area contributed by atoms with Gasteiger partial charge in [-0.15, -0.1) is 0 Å². The van der Waals surface area contributed by atoms with E-state index in [1.165, 1.54) is 0 Å². The Morgan fingerprint density at radius 3 is 2.22 bits per heavy atom. The minimum atomic E-state index is -5.08. The Bertz CT molecular complexity index is 794. The van der Waals surface area contributed by atoms with Gasteiger partial charge in [-0.1, -0.05) is 18.2 Å². The van der Waals surface area contributed by atoms with E-state index in [9.17, 15) is 27.6 Å². The van der Waals surface area contributed by atoms with Crippen molar-refractivity contribution in [2.75, 3.05) is 0 Å². The summed E-state index contributed by atoms with van der Waals surface area (Å²) in [6.45, 7) is 0.0442. The highest BCUT2D eigenvalue weighted by atomic mass is 19.4. The molecule has 0 spiro atoms. The molecule has 1 saturated heterocycles. The highest BCUT2D eigenvalue weighted by molar-refractivity contribution is 6.13. The Hall–Kier alpha value is -3.44. The molecule has 0 saturated carbocycles. The Morgan fingerprint density at radius 2 is 1.81 bits per heavy atom. The predicted octanol–water partition coefficient (Wildman–Crippen LogP) is -0.0356. The summed E-state index contributed by atoms with van der Waals surface area (Å²) in [5.41, 5.74) is 11.6. The molecule has 0 aromatic heterocycles. The second-order valence-corrected chi connectivity index (χ2v) is 5.39. The second-order valence-electron chi connectivity index (χ2n) is 5.39. The number of nitrogens with one attached hydrogen (secondary N) is 1. The molecular formula is C15H15F3N4O5. The molecule has 27 heavy (non-hydrogen) atoms. The summed E-state index contributed by atoms with van der Waals surface area (Å²) in [5, 5.41) is 14.5. The van der Waals surface area contributed by atoms with Crippen LogP contribution in [0.15, 0.2) is 24.3 Å². The summed E-state index contributed by atoms with van der Waals surface area (Å²) in [7, 11) is 0. The minimum absolute atomic E-state index is 0.0442. The van der Waals surface area contributed by atoms with Crippen molar-refractivity contribution in [2.24, 2.45) is 17.4 Å². The number of carbonyl (C=O) groups excluding carboxylic acids is 3. The topological polar surface area (TPSA) is 168 Å². The third kappa shape index (κ3) is 5.80. The van der Waals surface area contributed by atoms with Gasteiger partial charge < -0.3 is 16.6 Å². The quantitative estimate of drug-likeness (QED) is 0.244. The largest absolute Gasteiger partial charge is 0.490 e. The van der Waals surface area contributed by atoms with Gasteiger partial charge in [0.25, 0.3) is 0 Å². The molecule has 1 fully saturated rings. The van der Waals surface area contributed by atoms with Crippen LogP contribution in [0.25, 0.3) is 0 Å². The molecule has 12 heteroatoms. The lowest BCUT2D eigenvalue weighted by molar-refractivity contribution is -0.192. The zero-order valence-corrected chi connectivity index (χ0v) is 13.6. The smallest absolute Gasteiger partial charge is 0.475 e. The lowest BCUT2D eigenvalue weighted by Crippen LogP contribution is -2.34. The monoisotopic (exact) mass is 388 g/mol. The summed E-state index contributed by atoms with van der Waals surface area (Å²) in [5.74, 6) is -5.71. The molecule has 1 aromatic rings. The van der Waals surface area contributed by atoms with Gasteiger partial charge in [-0.25, -0.2) is 4.79 Å². The van der Waals surface area contributed by atoms with Crippen molar-refractivity contribution in [1.82, 2.24) is 4.90 Å². The van der Waals surface area contributed by atoms with E-state index >= 15 is 0 Å². The molecule has 1 aromatic carbocycles. The number of rotatable bonds is 4. The minimum Gasteiger partial charge on any atom is -0.475 e. The maximum absolute atomic E-state index is 11.9. The predicted molar refractivity (Wildman–Crippen MR) is 84.0 cm³/mol. The third-order valence-electron chi connectivity index (χ3n) is 3.41. The van der Waals surface area contributed by atoms with E-state index in [2.05, 4.69) is 0 Å². The van der Waals surface area contributed by atoms with E-state index in [1.54, 1.807) is 24.3 Å². The van der Waals surface area contributed by atoms with Crippen molar-refractivity contribution in [2.45, 2.75) is 19.1 Å². The number of hydrogen-bond donors (Lipinski definition) is 4. The van der Waals surface area contributed by atoms with Crippen LogP contribution < -0.4 is 11.5 Å². The van der Waals surface area contributed by atoms with Crippen LogP contribution in [0.1, 0.15) is 17.5 Å². The molecule has 0 aliphatic carbocycles. The molecule has 146 valence electrons. The first kappa shape index (κ1) is 21.6. The van der Waals surface area contributed by atoms with E-state index in [0.717, 1.165) is 4.90 Å². The lowest BCUT2D eigenvalue weighted by atomic mass is 10.1. The summed E-state index contributed by atoms with van der Waals surface area (Å²) >= 11 is 0. The second kappa shape index (κ2) is 8.29. The van der Waals surface area contributed by atoms with Crippen molar-refractivity contribution in [3.05, 3.63) is 35.4 Å². The van der Waals surface area contributed by atoms with Crippen molar-refractivity contribution >= 4 is 29.5 Å². The van der Waals surface area contributed by atoms with Gasteiger partial charge in [0.15, 0.2) is 0 Å². The summed E-state index contributed by atoms with van der Waals surface area (Å²) in [6, 6.07) is 6.68. The van der Waals surface area contributed by atoms with Crippen molar-refractivity contribution in [3.63, 3.8) is 0 Å². The van der Waals surface area contributed by atoms with E-state index in [0.29, 0.717) is 11.1 Å². The number of nitrogens with zero attached hydrogens (tertiary/aromatic N) is 1. The van der Waals surface area contributed by atoms with E-state index < -0.39 is 35.8 Å². The Labute approximate surface area is 150 Å². The molecular weight excluding hydrogens is 373 g/mol. The molecule has 1 aliphatic heterocycles. The lowest BCUT2D eigenvalue weighted by Gasteiger charge is -2.15. The maximum Gasteiger partial charge on any atom is 0.490 e. The van der Waals surface area contributed by atoms with Gasteiger partial charge >= 0.3 is 12.1 Å². The van der Waals surface area contributed by atoms with Crippen LogP contribution >= 0.6 is 0 Å². The fraction of sp³-hybridized carbons (Fsp3) is 0.267. The summed E-state index contributed by atoms with van der Waals surface area (Å²) in [6.07, 6.45) is -5.26. The van der Waals surface area contributed by atoms with Crippen molar-refractivity contribution < 1.29 is 37.5 Å². The van der Waals surface area contributed by atoms with Gasteiger partial charge in [-0.2, -0.15) is 13.2 Å². The van der Waals surface area contributed by atoms with Gasteiger partial charge in [-0.05, 0) is 11.6 Å². The van der Waals surface area contributed by atoms with Gasteiger partial charge in [-0.3, -0.25) is 24.7 Å². The van der Waals surface area contributed by atoms with E-state index in [4.69, 9.17) is 26.8 Å². The van der Waals surface area contributed by atoms with Gasteiger partial charge in [0.2, 0.25) is 17.7 Å². The number of halogens is 3. The standard InChI is InChI=1S/C13H14N4O3.C2HF3O2/c14-11(15)8-3-1-2-7(4-8)6-17-10(18)5-9(12(16)19)13(17)20;3-2(4,5)1(6)7/h1-4,9H,5-6H2,(H3,14,15)(H2,16,19);(H,6,7)/t9-;/m0./s1. The van der Waals surface area contributed by atoms with Crippen LogP contribution in [-0.4, -0.2) is 45.7 Å². The number of carboxylic acid groups (broad SMARTS) is 1. The first-order valence-electron chi connectivity index (χ1n) is 7.21. The normalized spacial score (nSPS) is 16.6. The molecule has 2 rings (SSSR count). The van der Waals surface area contributed by atoms with Crippen LogP contribution in [0.4, 0.5) is 13.2 Å². The number of carbonyl (C=O) groups is 4. The van der Waals surface area contributed by atoms with Crippen molar-refractivity contribution in [3.8, 4) is 0 Å². The number of aliphatic carboxylic acids is 1. The molecule has 0 bridgehead atoms. The number of carboxylic acids is 1. The van der Waals surface area contributed by atoms with Crippen molar-refractivity contribution in [1.29, 1.82) is 5.41 Å². The summed E-state index contributed by atoms with van der Waals surface area (Å²) < 4.78 is 31.7. The number of imide groups is 1. The number of amides is 3. The number of amidine groups is 1. The number of hydrogen-bond acceptors (Lipinski definition) is 5. The zero-order chi connectivity index (χ0) is 20.9. The van der Waals surface area contributed by atoms with Crippen LogP contribution in [0.5, 0.6) is 0 Å². The molecule has 0 unspecified atom stereocenters. The highest BCUT2D eigenvalue weighted by Crippen LogP contribution is 2.21. The number of primary amides is 1. The van der Waals surface area contributed by atoms with E-state index in [-0.39, 0.29) is 18.8 Å². The highest BCUT2D eigenvalue weighted by Gasteiger charge is 2.41. The molecule has 3 amide bonds. The van der Waals surface area contributed by atoms with Crippen LogP contribution in [0.3, 0.4) is 0 Å². The average Bonchev–Trinajstić information content (AvgIpc) is 2.83. The van der Waals surface area contributed by atoms with Gasteiger partial charge in [0.1, 0.15) is 11.8 Å². The molecule has 0 radical (unpaired) electrons. The number of alkyl halides is 3. The first-order chi connectivity index (χ1) is 12.3.